The Morgan fingerprint density at radius 2 is 2.05 bits per heavy atom. The lowest BCUT2D eigenvalue weighted by Gasteiger charge is -2.38. The first-order chi connectivity index (χ1) is 10.1. The van der Waals surface area contributed by atoms with E-state index < -0.39 is 4.92 Å². The molecule has 0 atom stereocenters. The molecule has 0 aliphatic carbocycles. The van der Waals surface area contributed by atoms with Gasteiger partial charge in [-0.05, 0) is 12.1 Å². The molecule has 0 unspecified atom stereocenters. The maximum Gasteiger partial charge on any atom is 0.276 e. The minimum absolute atomic E-state index is 0.0128. The number of aromatic nitrogens is 1. The average molecular weight is 289 g/mol. The molecule has 1 fully saturated rings. The van der Waals surface area contributed by atoms with E-state index in [0.717, 1.165) is 0 Å². The number of nitro groups is 1. The summed E-state index contributed by atoms with van der Waals surface area (Å²) in [4.78, 5) is 23.5. The number of rotatable bonds is 4. The zero-order chi connectivity index (χ0) is 14.8. The number of nitro benzene ring substituents is 1. The number of carbonyl (C=O) groups is 1. The Hall–Kier alpha value is -2.90. The molecular formula is C13H11N3O5. The van der Waals surface area contributed by atoms with Crippen LogP contribution in [0.3, 0.4) is 0 Å². The Balaban J connectivity index is 1.53. The second-order valence-corrected chi connectivity index (χ2v) is 4.59. The zero-order valence-corrected chi connectivity index (χ0v) is 10.8. The molecule has 1 saturated heterocycles. The minimum Gasteiger partial charge on any atom is -0.487 e. The first-order valence-electron chi connectivity index (χ1n) is 6.24. The number of hydrogen-bond acceptors (Lipinski definition) is 6. The van der Waals surface area contributed by atoms with Crippen molar-refractivity contribution in [2.75, 3.05) is 13.1 Å². The largest absolute Gasteiger partial charge is 0.487 e. The lowest BCUT2D eigenvalue weighted by Crippen LogP contribution is -2.56. The number of amides is 1. The second kappa shape index (κ2) is 5.23. The Bertz CT molecular complexity index is 647. The SMILES string of the molecule is O=C(c1ccon1)N1CC(Oc2ccc([N+](=O)[O-])cc2)C1. The fourth-order valence-corrected chi connectivity index (χ4v) is 2.00. The highest BCUT2D eigenvalue weighted by atomic mass is 16.6. The molecule has 8 nitrogen and oxygen atoms in total. The van der Waals surface area contributed by atoms with Crippen LogP contribution in [-0.2, 0) is 0 Å². The van der Waals surface area contributed by atoms with E-state index in [1.807, 2.05) is 0 Å². The molecule has 8 heteroatoms. The molecule has 1 aliphatic heterocycles. The Kier molecular flexibility index (Phi) is 3.27. The summed E-state index contributed by atoms with van der Waals surface area (Å²) in [6.07, 6.45) is 1.22. The van der Waals surface area contributed by atoms with Crippen LogP contribution >= 0.6 is 0 Å². The van der Waals surface area contributed by atoms with Gasteiger partial charge in [-0.15, -0.1) is 0 Å². The van der Waals surface area contributed by atoms with Gasteiger partial charge in [-0.2, -0.15) is 0 Å². The molecular weight excluding hydrogens is 278 g/mol. The highest BCUT2D eigenvalue weighted by Crippen LogP contribution is 2.22. The number of ether oxygens (including phenoxy) is 1. The van der Waals surface area contributed by atoms with Crippen molar-refractivity contribution in [3.63, 3.8) is 0 Å². The minimum atomic E-state index is -0.467. The van der Waals surface area contributed by atoms with E-state index in [-0.39, 0.29) is 23.4 Å². The quantitative estimate of drug-likeness (QED) is 0.624. The number of benzene rings is 1. The second-order valence-electron chi connectivity index (χ2n) is 4.59. The Morgan fingerprint density at radius 1 is 1.33 bits per heavy atom. The fourth-order valence-electron chi connectivity index (χ4n) is 2.00. The van der Waals surface area contributed by atoms with Gasteiger partial charge in [0.1, 0.15) is 18.1 Å². The van der Waals surface area contributed by atoms with Crippen LogP contribution in [0.4, 0.5) is 5.69 Å². The molecule has 1 aliphatic rings. The lowest BCUT2D eigenvalue weighted by atomic mass is 10.1. The maximum atomic E-state index is 11.9. The molecule has 1 aromatic carbocycles. The third kappa shape index (κ3) is 2.69. The average Bonchev–Trinajstić information content (AvgIpc) is 2.96. The van der Waals surface area contributed by atoms with Crippen molar-refractivity contribution in [1.82, 2.24) is 10.1 Å². The lowest BCUT2D eigenvalue weighted by molar-refractivity contribution is -0.384. The summed E-state index contributed by atoms with van der Waals surface area (Å²) in [5, 5.41) is 14.1. The smallest absolute Gasteiger partial charge is 0.276 e. The van der Waals surface area contributed by atoms with E-state index in [9.17, 15) is 14.9 Å². The fraction of sp³-hybridized carbons (Fsp3) is 0.231. The van der Waals surface area contributed by atoms with Gasteiger partial charge in [-0.1, -0.05) is 5.16 Å². The van der Waals surface area contributed by atoms with Crippen LogP contribution in [0.15, 0.2) is 41.1 Å². The molecule has 0 N–H and O–H groups in total. The van der Waals surface area contributed by atoms with E-state index in [0.29, 0.717) is 18.8 Å². The number of non-ortho nitro benzene ring substituents is 1. The molecule has 0 spiro atoms. The summed E-state index contributed by atoms with van der Waals surface area (Å²) in [5.74, 6) is 0.339. The molecule has 1 aromatic heterocycles. The van der Waals surface area contributed by atoms with Crippen molar-refractivity contribution < 1.29 is 19.0 Å². The van der Waals surface area contributed by atoms with E-state index in [2.05, 4.69) is 9.68 Å². The number of nitrogens with zero attached hydrogens (tertiary/aromatic N) is 3. The standard InChI is InChI=1S/C13H11N3O5/c17-13(12-5-6-20-14-12)15-7-11(8-15)21-10-3-1-9(2-4-10)16(18)19/h1-6,11H,7-8H2. The van der Waals surface area contributed by atoms with Crippen molar-refractivity contribution in [2.45, 2.75) is 6.10 Å². The maximum absolute atomic E-state index is 11.9. The van der Waals surface area contributed by atoms with Crippen LogP contribution in [-0.4, -0.2) is 40.1 Å². The summed E-state index contributed by atoms with van der Waals surface area (Å²) >= 11 is 0. The van der Waals surface area contributed by atoms with Gasteiger partial charge in [0.2, 0.25) is 0 Å². The first kappa shape index (κ1) is 13.1. The van der Waals surface area contributed by atoms with Gasteiger partial charge in [0.25, 0.3) is 11.6 Å². The molecule has 108 valence electrons. The molecule has 21 heavy (non-hydrogen) atoms. The number of hydrogen-bond donors (Lipinski definition) is 0. The predicted molar refractivity (Wildman–Crippen MR) is 69.9 cm³/mol. The molecule has 1 amide bonds. The predicted octanol–water partition coefficient (Wildman–Crippen LogP) is 1.49. The van der Waals surface area contributed by atoms with Crippen LogP contribution in [0.1, 0.15) is 10.5 Å². The van der Waals surface area contributed by atoms with Crippen LogP contribution in [0, 0.1) is 10.1 Å². The van der Waals surface area contributed by atoms with Gasteiger partial charge >= 0.3 is 0 Å². The summed E-state index contributed by atoms with van der Waals surface area (Å²) in [6, 6.07) is 7.35. The van der Waals surface area contributed by atoms with Gasteiger partial charge in [0, 0.05) is 18.2 Å². The van der Waals surface area contributed by atoms with Crippen molar-refractivity contribution in [3.05, 3.63) is 52.4 Å². The highest BCUT2D eigenvalue weighted by molar-refractivity contribution is 5.92. The van der Waals surface area contributed by atoms with Crippen molar-refractivity contribution in [1.29, 1.82) is 0 Å². The normalized spacial score (nSPS) is 14.6. The van der Waals surface area contributed by atoms with Crippen molar-refractivity contribution in [3.8, 4) is 5.75 Å². The molecule has 0 bridgehead atoms. The highest BCUT2D eigenvalue weighted by Gasteiger charge is 2.33. The van der Waals surface area contributed by atoms with E-state index in [1.165, 1.54) is 24.5 Å². The summed E-state index contributed by atoms with van der Waals surface area (Å²) < 4.78 is 10.2. The van der Waals surface area contributed by atoms with E-state index >= 15 is 0 Å². The molecule has 2 heterocycles. The van der Waals surface area contributed by atoms with Crippen molar-refractivity contribution >= 4 is 11.6 Å². The van der Waals surface area contributed by atoms with Crippen LogP contribution in [0.5, 0.6) is 5.75 Å². The van der Waals surface area contributed by atoms with Crippen LogP contribution in [0.25, 0.3) is 0 Å². The number of carbonyl (C=O) groups excluding carboxylic acids is 1. The summed E-state index contributed by atoms with van der Waals surface area (Å²) in [5.41, 5.74) is 0.280. The van der Waals surface area contributed by atoms with Crippen molar-refractivity contribution in [2.24, 2.45) is 0 Å². The van der Waals surface area contributed by atoms with Gasteiger partial charge in [0.15, 0.2) is 5.69 Å². The van der Waals surface area contributed by atoms with E-state index in [1.54, 1.807) is 17.0 Å². The topological polar surface area (TPSA) is 98.7 Å². The van der Waals surface area contributed by atoms with Gasteiger partial charge < -0.3 is 14.2 Å². The zero-order valence-electron chi connectivity index (χ0n) is 10.8. The Morgan fingerprint density at radius 3 is 2.62 bits per heavy atom. The van der Waals surface area contributed by atoms with Gasteiger partial charge in [-0.3, -0.25) is 14.9 Å². The molecule has 0 radical (unpaired) electrons. The van der Waals surface area contributed by atoms with Gasteiger partial charge in [0.05, 0.1) is 18.0 Å². The molecule has 0 saturated carbocycles. The van der Waals surface area contributed by atoms with Crippen LogP contribution in [0.2, 0.25) is 0 Å². The summed E-state index contributed by atoms with van der Waals surface area (Å²) in [7, 11) is 0. The van der Waals surface area contributed by atoms with Gasteiger partial charge in [-0.25, -0.2) is 0 Å². The molecule has 2 aromatic rings. The van der Waals surface area contributed by atoms with Crippen LogP contribution < -0.4 is 4.74 Å². The third-order valence-corrected chi connectivity index (χ3v) is 3.14. The summed E-state index contributed by atoms with van der Waals surface area (Å²) in [6.45, 7) is 0.894. The first-order valence-corrected chi connectivity index (χ1v) is 6.24. The van der Waals surface area contributed by atoms with E-state index in [4.69, 9.17) is 4.74 Å². The Labute approximate surface area is 119 Å². The number of likely N-dealkylation sites (tertiary alicyclic amines) is 1. The monoisotopic (exact) mass is 289 g/mol. The molecule has 3 rings (SSSR count). The third-order valence-electron chi connectivity index (χ3n) is 3.14.